The van der Waals surface area contributed by atoms with Crippen LogP contribution in [-0.4, -0.2) is 35.9 Å². The molecule has 0 aliphatic carbocycles. The van der Waals surface area contributed by atoms with Crippen LogP contribution < -0.4 is 0 Å². The summed E-state index contributed by atoms with van der Waals surface area (Å²) in [6.07, 6.45) is 4.98. The molecule has 0 atom stereocenters. The van der Waals surface area contributed by atoms with Gasteiger partial charge in [0, 0.05) is 30.3 Å². The molecule has 6 heteroatoms. The Morgan fingerprint density at radius 3 is 2.81 bits per heavy atom. The number of carbonyl (C=O) groups excluding carboxylic acids is 2. The van der Waals surface area contributed by atoms with Crippen molar-refractivity contribution in [2.45, 2.75) is 13.5 Å². The van der Waals surface area contributed by atoms with E-state index in [1.807, 2.05) is 30.3 Å². The number of benzene rings is 1. The highest BCUT2D eigenvalue weighted by Gasteiger charge is 2.17. The summed E-state index contributed by atoms with van der Waals surface area (Å²) < 4.78 is 10.3. The largest absolute Gasteiger partial charge is 0.465 e. The van der Waals surface area contributed by atoms with E-state index in [-0.39, 0.29) is 12.5 Å². The van der Waals surface area contributed by atoms with Crippen LogP contribution in [0.4, 0.5) is 0 Å². The maximum absolute atomic E-state index is 12.4. The second kappa shape index (κ2) is 7.86. The van der Waals surface area contributed by atoms with Crippen LogP contribution in [-0.2, 0) is 16.1 Å². The third-order valence-corrected chi connectivity index (χ3v) is 4.21. The van der Waals surface area contributed by atoms with Crippen molar-refractivity contribution in [1.29, 1.82) is 0 Å². The minimum Gasteiger partial charge on any atom is -0.465 e. The molecule has 6 nitrogen and oxygen atoms in total. The van der Waals surface area contributed by atoms with Gasteiger partial charge in [-0.1, -0.05) is 24.3 Å². The number of para-hydroxylation sites is 1. The predicted molar refractivity (Wildman–Crippen MR) is 102 cm³/mol. The Morgan fingerprint density at radius 1 is 1.26 bits per heavy atom. The van der Waals surface area contributed by atoms with Crippen LogP contribution in [0.3, 0.4) is 0 Å². The van der Waals surface area contributed by atoms with Gasteiger partial charge in [-0.25, -0.2) is 4.79 Å². The summed E-state index contributed by atoms with van der Waals surface area (Å²) in [4.78, 5) is 30.0. The molecule has 0 bridgehead atoms. The highest BCUT2D eigenvalue weighted by atomic mass is 16.5. The second-order valence-electron chi connectivity index (χ2n) is 6.12. The topological polar surface area (TPSA) is 72.6 Å². The van der Waals surface area contributed by atoms with Gasteiger partial charge in [0.2, 0.25) is 5.91 Å². The van der Waals surface area contributed by atoms with E-state index in [0.29, 0.717) is 17.1 Å². The number of esters is 1. The number of methoxy groups -OCH3 is 1. The van der Waals surface area contributed by atoms with Crippen molar-refractivity contribution in [1.82, 2.24) is 9.88 Å². The van der Waals surface area contributed by atoms with Gasteiger partial charge in [0.1, 0.15) is 17.1 Å². The number of nitrogens with zero attached hydrogens (tertiary/aromatic N) is 2. The van der Waals surface area contributed by atoms with E-state index in [9.17, 15) is 9.59 Å². The molecule has 1 amide bonds. The van der Waals surface area contributed by atoms with Crippen LogP contribution in [0.2, 0.25) is 0 Å². The lowest BCUT2D eigenvalue weighted by Crippen LogP contribution is -2.23. The normalized spacial score (nSPS) is 11.1. The summed E-state index contributed by atoms with van der Waals surface area (Å²) in [6, 6.07) is 11.3. The molecule has 0 N–H and O–H groups in total. The third kappa shape index (κ3) is 4.06. The van der Waals surface area contributed by atoms with Crippen LogP contribution in [0.25, 0.3) is 17.0 Å². The minimum absolute atomic E-state index is 0.184. The van der Waals surface area contributed by atoms with E-state index in [4.69, 9.17) is 9.15 Å². The van der Waals surface area contributed by atoms with Gasteiger partial charge in [-0.3, -0.25) is 9.78 Å². The van der Waals surface area contributed by atoms with Gasteiger partial charge in [0.15, 0.2) is 0 Å². The summed E-state index contributed by atoms with van der Waals surface area (Å²) in [5.74, 6) is 0.343. The fourth-order valence-corrected chi connectivity index (χ4v) is 2.80. The SMILES string of the molecule is COC(=O)c1cc(CN(C)C(=O)/C=C/c2cccc3cccnc23)oc1C. The Kier molecular flexibility index (Phi) is 5.35. The first-order chi connectivity index (χ1) is 13.0. The molecule has 0 aliphatic rings. The van der Waals surface area contributed by atoms with E-state index < -0.39 is 5.97 Å². The molecule has 2 aromatic heterocycles. The number of hydrogen-bond donors (Lipinski definition) is 0. The third-order valence-electron chi connectivity index (χ3n) is 4.21. The monoisotopic (exact) mass is 364 g/mol. The van der Waals surface area contributed by atoms with Crippen LogP contribution in [0.5, 0.6) is 0 Å². The number of aryl methyl sites for hydroxylation is 1. The number of carbonyl (C=O) groups is 2. The zero-order valence-electron chi connectivity index (χ0n) is 15.4. The smallest absolute Gasteiger partial charge is 0.341 e. The molecular formula is C21H20N2O4. The average molecular weight is 364 g/mol. The van der Waals surface area contributed by atoms with E-state index in [2.05, 4.69) is 4.98 Å². The molecule has 3 aromatic rings. The highest BCUT2D eigenvalue weighted by molar-refractivity contribution is 5.95. The predicted octanol–water partition coefficient (Wildman–Crippen LogP) is 3.59. The van der Waals surface area contributed by atoms with E-state index in [1.165, 1.54) is 18.1 Å². The summed E-state index contributed by atoms with van der Waals surface area (Å²) in [7, 11) is 2.99. The molecule has 0 unspecified atom stereocenters. The maximum Gasteiger partial charge on any atom is 0.341 e. The molecule has 1 aromatic carbocycles. The molecule has 0 fully saturated rings. The average Bonchev–Trinajstić information content (AvgIpc) is 3.05. The lowest BCUT2D eigenvalue weighted by atomic mass is 10.1. The van der Waals surface area contributed by atoms with Gasteiger partial charge in [-0.2, -0.15) is 0 Å². The Labute approximate surface area is 157 Å². The molecule has 2 heterocycles. The number of aromatic nitrogens is 1. The maximum atomic E-state index is 12.4. The first kappa shape index (κ1) is 18.4. The standard InChI is InChI=1S/C21H20N2O4/c1-14-18(21(25)26-3)12-17(27-14)13-23(2)19(24)10-9-16-7-4-6-15-8-5-11-22-20(15)16/h4-12H,13H2,1-3H3/b10-9+. The summed E-state index contributed by atoms with van der Waals surface area (Å²) >= 11 is 0. The molecule has 0 spiro atoms. The Bertz CT molecular complexity index is 1010. The number of hydrogen-bond acceptors (Lipinski definition) is 5. The van der Waals surface area contributed by atoms with Crippen LogP contribution in [0.15, 0.2) is 53.1 Å². The van der Waals surface area contributed by atoms with Gasteiger partial charge in [-0.05, 0) is 25.1 Å². The fourth-order valence-electron chi connectivity index (χ4n) is 2.80. The van der Waals surface area contributed by atoms with Crippen LogP contribution in [0.1, 0.15) is 27.4 Å². The van der Waals surface area contributed by atoms with Crippen molar-refractivity contribution in [3.05, 3.63) is 71.3 Å². The fraction of sp³-hybridized carbons (Fsp3) is 0.190. The van der Waals surface area contributed by atoms with E-state index >= 15 is 0 Å². The van der Waals surface area contributed by atoms with Crippen molar-refractivity contribution < 1.29 is 18.7 Å². The van der Waals surface area contributed by atoms with Crippen LogP contribution in [0, 0.1) is 6.92 Å². The molecule has 0 saturated heterocycles. The number of pyridine rings is 1. The Balaban J connectivity index is 1.72. The molecule has 0 saturated carbocycles. The Hall–Kier alpha value is -3.41. The van der Waals surface area contributed by atoms with E-state index in [0.717, 1.165) is 16.5 Å². The van der Waals surface area contributed by atoms with Crippen molar-refractivity contribution in [2.75, 3.05) is 14.2 Å². The number of fused-ring (bicyclic) bond motifs is 1. The number of likely N-dealkylation sites (N-methyl/N-ethyl adjacent to an activating group) is 1. The zero-order chi connectivity index (χ0) is 19.4. The van der Waals surface area contributed by atoms with Gasteiger partial charge in [0.05, 0.1) is 19.2 Å². The molecule has 3 rings (SSSR count). The summed E-state index contributed by atoms with van der Waals surface area (Å²) in [5.41, 5.74) is 2.08. The van der Waals surface area contributed by atoms with Crippen molar-refractivity contribution in [2.24, 2.45) is 0 Å². The van der Waals surface area contributed by atoms with Gasteiger partial charge in [0.25, 0.3) is 0 Å². The number of furan rings is 1. The van der Waals surface area contributed by atoms with Gasteiger partial charge < -0.3 is 14.1 Å². The number of ether oxygens (including phenoxy) is 1. The molecule has 138 valence electrons. The lowest BCUT2D eigenvalue weighted by Gasteiger charge is -2.13. The summed E-state index contributed by atoms with van der Waals surface area (Å²) in [5, 5.41) is 1.02. The van der Waals surface area contributed by atoms with Crippen LogP contribution >= 0.6 is 0 Å². The molecule has 27 heavy (non-hydrogen) atoms. The van der Waals surface area contributed by atoms with Crippen molar-refractivity contribution in [3.63, 3.8) is 0 Å². The molecule has 0 aliphatic heterocycles. The van der Waals surface area contributed by atoms with Crippen molar-refractivity contribution >= 4 is 28.9 Å². The zero-order valence-corrected chi connectivity index (χ0v) is 15.4. The highest BCUT2D eigenvalue weighted by Crippen LogP contribution is 2.19. The molecule has 0 radical (unpaired) electrons. The Morgan fingerprint density at radius 2 is 2.04 bits per heavy atom. The van der Waals surface area contributed by atoms with Gasteiger partial charge in [-0.15, -0.1) is 0 Å². The van der Waals surface area contributed by atoms with Gasteiger partial charge >= 0.3 is 5.97 Å². The number of amides is 1. The minimum atomic E-state index is -0.458. The van der Waals surface area contributed by atoms with Crippen molar-refractivity contribution in [3.8, 4) is 0 Å². The lowest BCUT2D eigenvalue weighted by molar-refractivity contribution is -0.125. The first-order valence-corrected chi connectivity index (χ1v) is 8.44. The summed E-state index contributed by atoms with van der Waals surface area (Å²) in [6.45, 7) is 1.93. The molecular weight excluding hydrogens is 344 g/mol. The van der Waals surface area contributed by atoms with E-state index in [1.54, 1.807) is 32.3 Å². The number of rotatable bonds is 5. The quantitative estimate of drug-likeness (QED) is 0.511. The first-order valence-electron chi connectivity index (χ1n) is 8.44. The second-order valence-corrected chi connectivity index (χ2v) is 6.12.